The zero-order valence-corrected chi connectivity index (χ0v) is 16.4. The molecule has 1 amide bonds. The van der Waals surface area contributed by atoms with Gasteiger partial charge in [-0.25, -0.2) is 9.97 Å². The molecule has 4 rings (SSSR count). The van der Waals surface area contributed by atoms with E-state index in [1.807, 2.05) is 12.3 Å². The van der Waals surface area contributed by atoms with Crippen LogP contribution < -0.4 is 5.32 Å². The quantitative estimate of drug-likeness (QED) is 0.802. The molecule has 6 nitrogen and oxygen atoms in total. The molecule has 6 heteroatoms. The van der Waals surface area contributed by atoms with Gasteiger partial charge in [0.15, 0.2) is 0 Å². The second-order valence-corrected chi connectivity index (χ2v) is 8.08. The van der Waals surface area contributed by atoms with Crippen molar-refractivity contribution < 1.29 is 4.79 Å². The summed E-state index contributed by atoms with van der Waals surface area (Å²) in [4.78, 5) is 28.0. The van der Waals surface area contributed by atoms with Crippen LogP contribution in [0.25, 0.3) is 0 Å². The van der Waals surface area contributed by atoms with Gasteiger partial charge >= 0.3 is 0 Å². The average molecular weight is 380 g/mol. The fraction of sp³-hybridized carbons (Fsp3) is 0.545. The summed E-state index contributed by atoms with van der Waals surface area (Å²) in [7, 11) is 0. The number of aromatic nitrogens is 3. The van der Waals surface area contributed by atoms with E-state index in [0.29, 0.717) is 18.2 Å². The van der Waals surface area contributed by atoms with Gasteiger partial charge in [0.2, 0.25) is 5.91 Å². The Kier molecular flexibility index (Phi) is 6.27. The first-order valence-electron chi connectivity index (χ1n) is 10.5. The van der Waals surface area contributed by atoms with Gasteiger partial charge in [-0.2, -0.15) is 0 Å². The summed E-state index contributed by atoms with van der Waals surface area (Å²) >= 11 is 0. The first-order chi connectivity index (χ1) is 13.8. The molecule has 1 saturated carbocycles. The van der Waals surface area contributed by atoms with Crippen LogP contribution in [0.3, 0.4) is 0 Å². The van der Waals surface area contributed by atoms with Crippen LogP contribution in [0.5, 0.6) is 0 Å². The molecule has 1 aliphatic heterocycles. The lowest BCUT2D eigenvalue weighted by Gasteiger charge is -2.28. The van der Waals surface area contributed by atoms with Crippen molar-refractivity contribution >= 4 is 11.7 Å². The Morgan fingerprint density at radius 1 is 1.18 bits per heavy atom. The van der Waals surface area contributed by atoms with E-state index in [-0.39, 0.29) is 5.91 Å². The molecule has 1 aliphatic carbocycles. The molecule has 0 aromatic carbocycles. The summed E-state index contributed by atoms with van der Waals surface area (Å²) in [6.45, 7) is 2.57. The molecule has 0 unspecified atom stereocenters. The number of rotatable bonds is 5. The zero-order chi connectivity index (χ0) is 19.2. The maximum absolute atomic E-state index is 12.6. The molecule has 0 saturated heterocycles. The van der Waals surface area contributed by atoms with Crippen molar-refractivity contribution in [3.05, 3.63) is 47.7 Å². The second-order valence-electron chi connectivity index (χ2n) is 8.08. The molecule has 2 aromatic heterocycles. The van der Waals surface area contributed by atoms with Gasteiger partial charge in [0, 0.05) is 44.0 Å². The number of hydrogen-bond acceptors (Lipinski definition) is 5. The summed E-state index contributed by atoms with van der Waals surface area (Å²) in [6, 6.07) is 4.07. The monoisotopic (exact) mass is 379 g/mol. The van der Waals surface area contributed by atoms with Gasteiger partial charge in [-0.15, -0.1) is 0 Å². The highest BCUT2D eigenvalue weighted by atomic mass is 16.1. The molecule has 2 aliphatic rings. The third-order valence-corrected chi connectivity index (χ3v) is 5.92. The molecule has 3 heterocycles. The van der Waals surface area contributed by atoms with Crippen LogP contribution >= 0.6 is 0 Å². The molecule has 1 fully saturated rings. The van der Waals surface area contributed by atoms with Crippen LogP contribution in [-0.2, 0) is 24.3 Å². The average Bonchev–Trinajstić information content (AvgIpc) is 2.97. The van der Waals surface area contributed by atoms with Crippen molar-refractivity contribution in [2.75, 3.05) is 11.9 Å². The molecule has 2 aromatic rings. The number of pyridine rings is 1. The SMILES string of the molecule is O=C(CC1CCCCCC1)Nc1ncnc2c1CCN(Cc1cccnc1)C2. The van der Waals surface area contributed by atoms with Crippen LogP contribution in [0.4, 0.5) is 5.82 Å². The molecule has 0 radical (unpaired) electrons. The van der Waals surface area contributed by atoms with Crippen LogP contribution in [0.15, 0.2) is 30.9 Å². The van der Waals surface area contributed by atoms with Gasteiger partial charge < -0.3 is 5.32 Å². The van der Waals surface area contributed by atoms with E-state index in [9.17, 15) is 4.79 Å². The maximum Gasteiger partial charge on any atom is 0.225 e. The maximum atomic E-state index is 12.6. The summed E-state index contributed by atoms with van der Waals surface area (Å²) in [5, 5.41) is 3.08. The first-order valence-corrected chi connectivity index (χ1v) is 10.5. The van der Waals surface area contributed by atoms with E-state index in [1.54, 1.807) is 12.5 Å². The fourth-order valence-electron chi connectivity index (χ4n) is 4.41. The van der Waals surface area contributed by atoms with Gasteiger partial charge in [0.05, 0.1) is 5.69 Å². The Balaban J connectivity index is 1.37. The molecular weight excluding hydrogens is 350 g/mol. The van der Waals surface area contributed by atoms with Gasteiger partial charge in [0.25, 0.3) is 0 Å². The fourth-order valence-corrected chi connectivity index (χ4v) is 4.41. The zero-order valence-electron chi connectivity index (χ0n) is 16.4. The number of fused-ring (bicyclic) bond motifs is 1. The third-order valence-electron chi connectivity index (χ3n) is 5.92. The molecule has 28 heavy (non-hydrogen) atoms. The van der Waals surface area contributed by atoms with Crippen LogP contribution in [-0.4, -0.2) is 32.3 Å². The number of amides is 1. The standard InChI is InChI=1S/C22H29N5O/c28-21(12-17-6-3-1-2-4-7-17)26-22-19-9-11-27(15-20(19)24-16-25-22)14-18-8-5-10-23-13-18/h5,8,10,13,16-17H,1-4,6-7,9,11-12,14-15H2,(H,24,25,26,28). The van der Waals surface area contributed by atoms with E-state index in [1.165, 1.54) is 44.1 Å². The molecule has 148 valence electrons. The highest BCUT2D eigenvalue weighted by Gasteiger charge is 2.23. The number of nitrogens with one attached hydrogen (secondary N) is 1. The lowest BCUT2D eigenvalue weighted by Crippen LogP contribution is -2.32. The Morgan fingerprint density at radius 3 is 2.82 bits per heavy atom. The predicted molar refractivity (Wildman–Crippen MR) is 109 cm³/mol. The number of nitrogens with zero attached hydrogens (tertiary/aromatic N) is 4. The third kappa shape index (κ3) is 4.93. The van der Waals surface area contributed by atoms with Crippen molar-refractivity contribution in [1.82, 2.24) is 19.9 Å². The minimum atomic E-state index is 0.102. The Bertz CT molecular complexity index is 787. The summed E-state index contributed by atoms with van der Waals surface area (Å²) in [6.07, 6.45) is 14.3. The number of hydrogen-bond donors (Lipinski definition) is 1. The summed E-state index contributed by atoms with van der Waals surface area (Å²) in [5.74, 6) is 1.34. The minimum Gasteiger partial charge on any atom is -0.310 e. The largest absolute Gasteiger partial charge is 0.310 e. The Morgan fingerprint density at radius 2 is 2.04 bits per heavy atom. The van der Waals surface area contributed by atoms with Crippen LogP contribution in [0, 0.1) is 5.92 Å². The van der Waals surface area contributed by atoms with Crippen molar-refractivity contribution in [2.24, 2.45) is 5.92 Å². The highest BCUT2D eigenvalue weighted by Crippen LogP contribution is 2.27. The van der Waals surface area contributed by atoms with Crippen molar-refractivity contribution in [2.45, 2.75) is 64.5 Å². The molecular formula is C22H29N5O. The van der Waals surface area contributed by atoms with E-state index >= 15 is 0 Å². The highest BCUT2D eigenvalue weighted by molar-refractivity contribution is 5.90. The van der Waals surface area contributed by atoms with E-state index in [2.05, 4.69) is 31.2 Å². The van der Waals surface area contributed by atoms with Crippen molar-refractivity contribution in [3.8, 4) is 0 Å². The Hall–Kier alpha value is -2.34. The van der Waals surface area contributed by atoms with Crippen LogP contribution in [0.1, 0.15) is 61.8 Å². The second kappa shape index (κ2) is 9.24. The topological polar surface area (TPSA) is 71.0 Å². The van der Waals surface area contributed by atoms with Crippen molar-refractivity contribution in [3.63, 3.8) is 0 Å². The van der Waals surface area contributed by atoms with Gasteiger partial charge in [0.1, 0.15) is 12.1 Å². The van der Waals surface area contributed by atoms with E-state index < -0.39 is 0 Å². The molecule has 0 spiro atoms. The summed E-state index contributed by atoms with van der Waals surface area (Å²) < 4.78 is 0. The smallest absolute Gasteiger partial charge is 0.225 e. The van der Waals surface area contributed by atoms with E-state index in [4.69, 9.17) is 0 Å². The minimum absolute atomic E-state index is 0.102. The Labute approximate surface area is 166 Å². The molecule has 0 bridgehead atoms. The van der Waals surface area contributed by atoms with Gasteiger partial charge in [-0.05, 0) is 36.8 Å². The molecule has 0 atom stereocenters. The normalized spacial score (nSPS) is 18.3. The first kappa shape index (κ1) is 19.0. The van der Waals surface area contributed by atoms with Gasteiger partial charge in [-0.3, -0.25) is 14.7 Å². The lowest BCUT2D eigenvalue weighted by atomic mass is 9.96. The number of carbonyl (C=O) groups is 1. The van der Waals surface area contributed by atoms with Crippen LogP contribution in [0.2, 0.25) is 0 Å². The van der Waals surface area contributed by atoms with E-state index in [0.717, 1.165) is 37.3 Å². The summed E-state index contributed by atoms with van der Waals surface area (Å²) in [5.41, 5.74) is 3.32. The van der Waals surface area contributed by atoms with Crippen molar-refractivity contribution in [1.29, 1.82) is 0 Å². The predicted octanol–water partition coefficient (Wildman–Crippen LogP) is 3.73. The van der Waals surface area contributed by atoms with Gasteiger partial charge in [-0.1, -0.05) is 31.7 Å². The number of anilines is 1. The molecule has 1 N–H and O–H groups in total. The lowest BCUT2D eigenvalue weighted by molar-refractivity contribution is -0.117. The number of carbonyl (C=O) groups excluding carboxylic acids is 1.